The van der Waals surface area contributed by atoms with Crippen molar-refractivity contribution in [3.63, 3.8) is 0 Å². The lowest BCUT2D eigenvalue weighted by molar-refractivity contribution is -0.146. The fourth-order valence-corrected chi connectivity index (χ4v) is 3.20. The minimum atomic E-state index is -4.14. The van der Waals surface area contributed by atoms with E-state index in [-0.39, 0.29) is 5.92 Å². The number of halogens is 3. The molecular formula is C14H22F3N5. The first-order valence-electron chi connectivity index (χ1n) is 7.77. The smallest absolute Gasteiger partial charge is 0.339 e. The summed E-state index contributed by atoms with van der Waals surface area (Å²) in [5, 5.41) is 8.54. The molecule has 2 fully saturated rings. The quantitative estimate of drug-likeness (QED) is 0.855. The van der Waals surface area contributed by atoms with Crippen molar-refractivity contribution in [3.8, 4) is 0 Å². The summed E-state index contributed by atoms with van der Waals surface area (Å²) in [5.74, 6) is 2.45. The maximum absolute atomic E-state index is 12.6. The summed E-state index contributed by atoms with van der Waals surface area (Å²) in [7, 11) is 1.95. The maximum atomic E-state index is 12.6. The lowest BCUT2D eigenvalue weighted by atomic mass is 10.1. The third-order valence-electron chi connectivity index (χ3n) is 4.30. The molecule has 0 spiro atoms. The van der Waals surface area contributed by atoms with E-state index in [0.29, 0.717) is 32.1 Å². The second kappa shape index (κ2) is 5.72. The van der Waals surface area contributed by atoms with Crippen LogP contribution in [0.4, 0.5) is 19.1 Å². The number of hydrogen-bond acceptors (Lipinski definition) is 4. The molecule has 2 heterocycles. The molecule has 8 heteroatoms. The van der Waals surface area contributed by atoms with Gasteiger partial charge in [0.15, 0.2) is 0 Å². The minimum absolute atomic E-state index is 0.158. The first-order valence-corrected chi connectivity index (χ1v) is 7.77. The van der Waals surface area contributed by atoms with Gasteiger partial charge in [-0.2, -0.15) is 13.2 Å². The fourth-order valence-electron chi connectivity index (χ4n) is 3.20. The molecule has 1 aliphatic carbocycles. The molecule has 0 amide bonds. The van der Waals surface area contributed by atoms with Crippen LogP contribution in [0, 0.1) is 5.92 Å². The van der Waals surface area contributed by atoms with Gasteiger partial charge in [-0.05, 0) is 18.8 Å². The molecule has 1 saturated heterocycles. The highest BCUT2D eigenvalue weighted by atomic mass is 19.4. The predicted molar refractivity (Wildman–Crippen MR) is 76.9 cm³/mol. The van der Waals surface area contributed by atoms with Crippen molar-refractivity contribution in [2.45, 2.75) is 31.9 Å². The van der Waals surface area contributed by atoms with Gasteiger partial charge < -0.3 is 9.47 Å². The Balaban J connectivity index is 1.70. The molecule has 5 nitrogen and oxygen atoms in total. The van der Waals surface area contributed by atoms with Gasteiger partial charge >= 0.3 is 6.18 Å². The van der Waals surface area contributed by atoms with Gasteiger partial charge in [0.05, 0.1) is 6.54 Å². The van der Waals surface area contributed by atoms with E-state index in [4.69, 9.17) is 0 Å². The van der Waals surface area contributed by atoms with Crippen molar-refractivity contribution in [2.24, 2.45) is 13.0 Å². The summed E-state index contributed by atoms with van der Waals surface area (Å²) in [6, 6.07) is 0. The van der Waals surface area contributed by atoms with Crippen LogP contribution in [0.15, 0.2) is 0 Å². The second-order valence-electron chi connectivity index (χ2n) is 6.59. The van der Waals surface area contributed by atoms with E-state index in [2.05, 4.69) is 15.1 Å². The largest absolute Gasteiger partial charge is 0.401 e. The first kappa shape index (κ1) is 15.6. The number of alkyl halides is 3. The molecule has 1 atom stereocenters. The van der Waals surface area contributed by atoms with Gasteiger partial charge in [-0.3, -0.25) is 4.90 Å². The van der Waals surface area contributed by atoms with Crippen LogP contribution in [0.5, 0.6) is 0 Å². The predicted octanol–water partition coefficient (Wildman–Crippen LogP) is 2.01. The SMILES string of the molecule is CC1CN(CC(F)(F)F)CCN(c2nnc(C3CC3)n2C)C1. The summed E-state index contributed by atoms with van der Waals surface area (Å²) in [6.45, 7) is 3.28. The Morgan fingerprint density at radius 2 is 1.86 bits per heavy atom. The molecule has 1 unspecified atom stereocenters. The highest BCUT2D eigenvalue weighted by Gasteiger charge is 2.34. The third kappa shape index (κ3) is 3.53. The lowest BCUT2D eigenvalue weighted by Crippen LogP contribution is -2.38. The average molecular weight is 317 g/mol. The van der Waals surface area contributed by atoms with Gasteiger partial charge in [-0.15, -0.1) is 10.2 Å². The van der Waals surface area contributed by atoms with Crippen LogP contribution >= 0.6 is 0 Å². The Morgan fingerprint density at radius 3 is 2.50 bits per heavy atom. The van der Waals surface area contributed by atoms with E-state index >= 15 is 0 Å². The van der Waals surface area contributed by atoms with Gasteiger partial charge in [0.1, 0.15) is 5.82 Å². The minimum Gasteiger partial charge on any atom is -0.339 e. The van der Waals surface area contributed by atoms with E-state index in [1.54, 1.807) is 0 Å². The van der Waals surface area contributed by atoms with Crippen molar-refractivity contribution >= 4 is 5.95 Å². The summed E-state index contributed by atoms with van der Waals surface area (Å²) in [4.78, 5) is 3.56. The van der Waals surface area contributed by atoms with Gasteiger partial charge in [0, 0.05) is 39.1 Å². The third-order valence-corrected chi connectivity index (χ3v) is 4.30. The number of nitrogens with zero attached hydrogens (tertiary/aromatic N) is 5. The van der Waals surface area contributed by atoms with E-state index in [9.17, 15) is 13.2 Å². The average Bonchev–Trinajstić information content (AvgIpc) is 3.17. The second-order valence-corrected chi connectivity index (χ2v) is 6.59. The maximum Gasteiger partial charge on any atom is 0.401 e. The molecule has 1 aromatic heterocycles. The Morgan fingerprint density at radius 1 is 1.14 bits per heavy atom. The fraction of sp³-hybridized carbons (Fsp3) is 0.857. The van der Waals surface area contributed by atoms with E-state index in [1.807, 2.05) is 18.5 Å². The zero-order chi connectivity index (χ0) is 15.9. The number of hydrogen-bond donors (Lipinski definition) is 0. The number of aromatic nitrogens is 3. The Labute approximate surface area is 128 Å². The van der Waals surface area contributed by atoms with Gasteiger partial charge in [0.2, 0.25) is 5.95 Å². The van der Waals surface area contributed by atoms with Crippen LogP contribution in [0.2, 0.25) is 0 Å². The molecule has 0 aromatic carbocycles. The van der Waals surface area contributed by atoms with Crippen molar-refractivity contribution in [1.29, 1.82) is 0 Å². The normalized spacial score (nSPS) is 24.6. The Kier molecular flexibility index (Phi) is 4.05. The zero-order valence-corrected chi connectivity index (χ0v) is 13.0. The Hall–Kier alpha value is -1.31. The molecule has 1 saturated carbocycles. The van der Waals surface area contributed by atoms with Crippen LogP contribution in [0.3, 0.4) is 0 Å². The van der Waals surface area contributed by atoms with Crippen LogP contribution < -0.4 is 4.90 Å². The van der Waals surface area contributed by atoms with Gasteiger partial charge in [-0.1, -0.05) is 6.92 Å². The van der Waals surface area contributed by atoms with Gasteiger partial charge in [0.25, 0.3) is 0 Å². The lowest BCUT2D eigenvalue weighted by Gasteiger charge is -2.23. The number of rotatable bonds is 3. The highest BCUT2D eigenvalue weighted by Crippen LogP contribution is 2.39. The van der Waals surface area contributed by atoms with Crippen LogP contribution in [0.25, 0.3) is 0 Å². The summed E-state index contributed by atoms with van der Waals surface area (Å²) < 4.78 is 39.8. The standard InChI is InChI=1S/C14H22F3N5/c1-10-7-21(9-14(15,16)17)5-6-22(8-10)13-19-18-12(20(13)2)11-3-4-11/h10-11H,3-9H2,1-2H3. The molecule has 1 aromatic rings. The molecule has 0 N–H and O–H groups in total. The highest BCUT2D eigenvalue weighted by molar-refractivity contribution is 5.32. The molecule has 1 aliphatic heterocycles. The Bertz CT molecular complexity index is 523. The van der Waals surface area contributed by atoms with E-state index in [0.717, 1.165) is 24.6 Å². The number of anilines is 1. The molecule has 3 rings (SSSR count). The topological polar surface area (TPSA) is 37.2 Å². The van der Waals surface area contributed by atoms with Crippen LogP contribution in [0.1, 0.15) is 31.5 Å². The van der Waals surface area contributed by atoms with Crippen LogP contribution in [-0.2, 0) is 7.05 Å². The molecule has 0 bridgehead atoms. The van der Waals surface area contributed by atoms with Crippen molar-refractivity contribution in [1.82, 2.24) is 19.7 Å². The summed E-state index contributed by atoms with van der Waals surface area (Å²) >= 11 is 0. The van der Waals surface area contributed by atoms with E-state index in [1.165, 1.54) is 4.90 Å². The van der Waals surface area contributed by atoms with Crippen molar-refractivity contribution in [3.05, 3.63) is 5.82 Å². The molecule has 124 valence electrons. The van der Waals surface area contributed by atoms with Gasteiger partial charge in [-0.25, -0.2) is 0 Å². The molecular weight excluding hydrogens is 295 g/mol. The first-order chi connectivity index (χ1) is 10.3. The molecule has 0 radical (unpaired) electrons. The molecule has 2 aliphatic rings. The van der Waals surface area contributed by atoms with Crippen molar-refractivity contribution < 1.29 is 13.2 Å². The molecule has 22 heavy (non-hydrogen) atoms. The summed E-state index contributed by atoms with van der Waals surface area (Å²) in [5.41, 5.74) is 0. The monoisotopic (exact) mass is 317 g/mol. The van der Waals surface area contributed by atoms with Crippen molar-refractivity contribution in [2.75, 3.05) is 37.6 Å². The van der Waals surface area contributed by atoms with E-state index < -0.39 is 12.7 Å². The van der Waals surface area contributed by atoms with Crippen LogP contribution in [-0.4, -0.2) is 58.6 Å². The summed E-state index contributed by atoms with van der Waals surface area (Å²) in [6.07, 6.45) is -1.83. The zero-order valence-electron chi connectivity index (χ0n) is 13.0.